The number of anilines is 1. The summed E-state index contributed by atoms with van der Waals surface area (Å²) in [6.45, 7) is 5.12. The van der Waals surface area contributed by atoms with Crippen LogP contribution in [0.25, 0.3) is 11.1 Å². The van der Waals surface area contributed by atoms with Crippen LogP contribution in [0.3, 0.4) is 0 Å². The third-order valence-electron chi connectivity index (χ3n) is 3.79. The van der Waals surface area contributed by atoms with Gasteiger partial charge >= 0.3 is 0 Å². The summed E-state index contributed by atoms with van der Waals surface area (Å²) in [4.78, 5) is 11.3. The maximum absolute atomic E-state index is 6.02. The van der Waals surface area contributed by atoms with Crippen molar-refractivity contribution in [2.24, 2.45) is 0 Å². The van der Waals surface area contributed by atoms with E-state index < -0.39 is 0 Å². The zero-order chi connectivity index (χ0) is 14.7. The van der Waals surface area contributed by atoms with E-state index in [4.69, 9.17) is 11.6 Å². The topological polar surface area (TPSA) is 41.1 Å². The van der Waals surface area contributed by atoms with Crippen LogP contribution in [0.5, 0.6) is 0 Å². The van der Waals surface area contributed by atoms with Crippen LogP contribution in [0.1, 0.15) is 13.3 Å². The number of hydrogen-bond acceptors (Lipinski definition) is 4. The summed E-state index contributed by atoms with van der Waals surface area (Å²) in [5.74, 6) is 0.802. The van der Waals surface area contributed by atoms with Gasteiger partial charge in [-0.05, 0) is 31.0 Å². The maximum Gasteiger partial charge on any atom is 0.225 e. The predicted molar refractivity (Wildman–Crippen MR) is 86.8 cm³/mol. The number of aromatic nitrogens is 2. The van der Waals surface area contributed by atoms with Gasteiger partial charge in [-0.25, -0.2) is 9.97 Å². The Morgan fingerprint density at radius 1 is 1.19 bits per heavy atom. The molecule has 1 saturated heterocycles. The zero-order valence-corrected chi connectivity index (χ0v) is 12.8. The molecule has 1 unspecified atom stereocenters. The molecule has 2 heterocycles. The van der Waals surface area contributed by atoms with Crippen molar-refractivity contribution in [2.75, 3.05) is 24.5 Å². The molecule has 1 aliphatic heterocycles. The molecule has 2 aromatic rings. The van der Waals surface area contributed by atoms with Gasteiger partial charge in [0.1, 0.15) is 0 Å². The summed E-state index contributed by atoms with van der Waals surface area (Å²) in [6.07, 6.45) is 4.85. The van der Waals surface area contributed by atoms with Crippen molar-refractivity contribution in [3.8, 4) is 11.1 Å². The van der Waals surface area contributed by atoms with E-state index in [-0.39, 0.29) is 0 Å². The van der Waals surface area contributed by atoms with Gasteiger partial charge < -0.3 is 10.2 Å². The van der Waals surface area contributed by atoms with Crippen molar-refractivity contribution >= 4 is 17.5 Å². The second-order valence-electron chi connectivity index (χ2n) is 5.41. The molecule has 0 amide bonds. The fourth-order valence-electron chi connectivity index (χ4n) is 2.51. The highest BCUT2D eigenvalue weighted by Gasteiger charge is 2.15. The summed E-state index contributed by atoms with van der Waals surface area (Å²) < 4.78 is 0. The standard InChI is InChI=1S/C16H19ClN4/c1-12-5-7-21(8-6-18-12)16-19-10-14(11-20-16)13-3-2-4-15(17)9-13/h2-4,9-12,18H,5-8H2,1H3. The van der Waals surface area contributed by atoms with Gasteiger partial charge in [-0.2, -0.15) is 0 Å². The smallest absolute Gasteiger partial charge is 0.225 e. The molecule has 4 nitrogen and oxygen atoms in total. The minimum Gasteiger partial charge on any atom is -0.339 e. The molecular weight excluding hydrogens is 284 g/mol. The molecule has 1 N–H and O–H groups in total. The summed E-state index contributed by atoms with van der Waals surface area (Å²) in [7, 11) is 0. The molecule has 0 bridgehead atoms. The Balaban J connectivity index is 1.77. The first kappa shape index (κ1) is 14.3. The van der Waals surface area contributed by atoms with Crippen LogP contribution in [-0.4, -0.2) is 35.6 Å². The SMILES string of the molecule is CC1CCN(c2ncc(-c3cccc(Cl)c3)cn2)CCN1. The Morgan fingerprint density at radius 2 is 2.00 bits per heavy atom. The van der Waals surface area contributed by atoms with Gasteiger partial charge in [0.05, 0.1) is 0 Å². The van der Waals surface area contributed by atoms with E-state index in [1.807, 2.05) is 36.7 Å². The highest BCUT2D eigenvalue weighted by molar-refractivity contribution is 6.30. The Labute approximate surface area is 130 Å². The number of benzene rings is 1. The van der Waals surface area contributed by atoms with Gasteiger partial charge in [-0.15, -0.1) is 0 Å². The van der Waals surface area contributed by atoms with Crippen molar-refractivity contribution in [1.29, 1.82) is 0 Å². The first-order valence-corrected chi connectivity index (χ1v) is 7.66. The van der Waals surface area contributed by atoms with Gasteiger partial charge in [0, 0.05) is 48.7 Å². The number of nitrogens with one attached hydrogen (secondary N) is 1. The fourth-order valence-corrected chi connectivity index (χ4v) is 2.70. The van der Waals surface area contributed by atoms with Crippen LogP contribution in [0.4, 0.5) is 5.95 Å². The molecule has 1 aromatic carbocycles. The minimum atomic E-state index is 0.556. The van der Waals surface area contributed by atoms with Crippen LogP contribution in [0, 0.1) is 0 Å². The van der Waals surface area contributed by atoms with Crippen LogP contribution in [-0.2, 0) is 0 Å². The first-order valence-electron chi connectivity index (χ1n) is 7.29. The van der Waals surface area contributed by atoms with Crippen molar-refractivity contribution in [2.45, 2.75) is 19.4 Å². The van der Waals surface area contributed by atoms with Gasteiger partial charge in [0.2, 0.25) is 5.95 Å². The fraction of sp³-hybridized carbons (Fsp3) is 0.375. The van der Waals surface area contributed by atoms with E-state index in [0.29, 0.717) is 6.04 Å². The van der Waals surface area contributed by atoms with E-state index in [1.165, 1.54) is 0 Å². The predicted octanol–water partition coefficient (Wildman–Crippen LogP) is 2.99. The van der Waals surface area contributed by atoms with Crippen LogP contribution in [0.2, 0.25) is 5.02 Å². The minimum absolute atomic E-state index is 0.556. The molecule has 0 saturated carbocycles. The molecule has 5 heteroatoms. The molecule has 3 rings (SSSR count). The Hall–Kier alpha value is -1.65. The van der Waals surface area contributed by atoms with E-state index in [1.54, 1.807) is 0 Å². The highest BCUT2D eigenvalue weighted by Crippen LogP contribution is 2.22. The number of rotatable bonds is 2. The van der Waals surface area contributed by atoms with Gasteiger partial charge in [-0.3, -0.25) is 0 Å². The molecule has 0 radical (unpaired) electrons. The number of halogens is 1. The average molecular weight is 303 g/mol. The molecule has 0 spiro atoms. The molecule has 1 atom stereocenters. The largest absolute Gasteiger partial charge is 0.339 e. The maximum atomic E-state index is 6.02. The van der Waals surface area contributed by atoms with Crippen molar-refractivity contribution < 1.29 is 0 Å². The van der Waals surface area contributed by atoms with E-state index in [9.17, 15) is 0 Å². The normalized spacial score (nSPS) is 19.3. The Morgan fingerprint density at radius 3 is 2.76 bits per heavy atom. The number of hydrogen-bond donors (Lipinski definition) is 1. The highest BCUT2D eigenvalue weighted by atomic mass is 35.5. The lowest BCUT2D eigenvalue weighted by atomic mass is 10.1. The van der Waals surface area contributed by atoms with Gasteiger partial charge in [-0.1, -0.05) is 23.7 Å². The second-order valence-corrected chi connectivity index (χ2v) is 5.85. The third kappa shape index (κ3) is 3.52. The third-order valence-corrected chi connectivity index (χ3v) is 4.02. The molecule has 21 heavy (non-hydrogen) atoms. The van der Waals surface area contributed by atoms with Gasteiger partial charge in [0.15, 0.2) is 0 Å². The summed E-state index contributed by atoms with van der Waals surface area (Å²) in [5, 5.41) is 4.20. The van der Waals surface area contributed by atoms with Crippen molar-refractivity contribution in [1.82, 2.24) is 15.3 Å². The Bertz CT molecular complexity index is 599. The number of nitrogens with zero attached hydrogens (tertiary/aromatic N) is 3. The molecule has 110 valence electrons. The lowest BCUT2D eigenvalue weighted by molar-refractivity contribution is 0.566. The summed E-state index contributed by atoms with van der Waals surface area (Å²) in [5.41, 5.74) is 2.03. The summed E-state index contributed by atoms with van der Waals surface area (Å²) >= 11 is 6.02. The molecular formula is C16H19ClN4. The molecule has 1 aliphatic rings. The molecule has 1 fully saturated rings. The van der Waals surface area contributed by atoms with Crippen LogP contribution < -0.4 is 10.2 Å². The molecule has 0 aliphatic carbocycles. The van der Waals surface area contributed by atoms with Gasteiger partial charge in [0.25, 0.3) is 0 Å². The van der Waals surface area contributed by atoms with E-state index >= 15 is 0 Å². The van der Waals surface area contributed by atoms with Crippen molar-refractivity contribution in [3.63, 3.8) is 0 Å². The lowest BCUT2D eigenvalue weighted by Crippen LogP contribution is -2.30. The lowest BCUT2D eigenvalue weighted by Gasteiger charge is -2.19. The first-order chi connectivity index (χ1) is 10.2. The van der Waals surface area contributed by atoms with E-state index in [2.05, 4.69) is 27.1 Å². The van der Waals surface area contributed by atoms with Crippen molar-refractivity contribution in [3.05, 3.63) is 41.7 Å². The molecule has 1 aromatic heterocycles. The zero-order valence-electron chi connectivity index (χ0n) is 12.1. The van der Waals surface area contributed by atoms with E-state index in [0.717, 1.165) is 48.2 Å². The monoisotopic (exact) mass is 302 g/mol. The average Bonchev–Trinajstić information content (AvgIpc) is 2.72. The quantitative estimate of drug-likeness (QED) is 0.926. The Kier molecular flexibility index (Phi) is 4.36. The summed E-state index contributed by atoms with van der Waals surface area (Å²) in [6, 6.07) is 8.30. The van der Waals surface area contributed by atoms with Crippen LogP contribution in [0.15, 0.2) is 36.7 Å². The second kappa shape index (κ2) is 6.41. The van der Waals surface area contributed by atoms with Crippen LogP contribution >= 0.6 is 11.6 Å².